The third-order valence-corrected chi connectivity index (χ3v) is 4.15. The maximum absolute atomic E-state index is 14.5. The number of benzene rings is 1. The summed E-state index contributed by atoms with van der Waals surface area (Å²) in [7, 11) is 0. The van der Waals surface area contributed by atoms with Gasteiger partial charge in [0, 0.05) is 12.0 Å². The molecular formula is C19H21F2N7O3. The van der Waals surface area contributed by atoms with E-state index in [0.29, 0.717) is 4.73 Å². The number of hydrazone groups is 1. The lowest BCUT2D eigenvalue weighted by atomic mass is 10.0. The van der Waals surface area contributed by atoms with Gasteiger partial charge >= 0.3 is 0 Å². The number of halogens is 2. The van der Waals surface area contributed by atoms with Gasteiger partial charge in [0.05, 0.1) is 24.3 Å². The zero-order valence-electron chi connectivity index (χ0n) is 16.3. The topological polar surface area (TPSA) is 164 Å². The fourth-order valence-corrected chi connectivity index (χ4v) is 2.75. The van der Waals surface area contributed by atoms with E-state index >= 15 is 0 Å². The third kappa shape index (κ3) is 6.25. The standard InChI is InChI=1S/C19H21F2N7O3/c20-19(21,14-4-2-1-3-5-14)11-25-18-9-13(8-17(23)29)15(10-22)16(28(18)30)6-7-31-27-12-26-24/h1-5,9,12,30H,6-8,11,24H2,(H2,23,29)(H,26,27). The molecule has 6 N–H and O–H groups in total. The molecule has 0 unspecified atom stereocenters. The van der Waals surface area contributed by atoms with Gasteiger partial charge < -0.3 is 16.8 Å². The first-order chi connectivity index (χ1) is 14.8. The monoisotopic (exact) mass is 433 g/mol. The van der Waals surface area contributed by atoms with E-state index in [-0.39, 0.29) is 47.3 Å². The second kappa shape index (κ2) is 10.7. The minimum absolute atomic E-state index is 0.00881. The van der Waals surface area contributed by atoms with Crippen LogP contribution < -0.4 is 22.5 Å². The number of nitriles is 1. The van der Waals surface area contributed by atoms with Crippen molar-refractivity contribution in [2.45, 2.75) is 18.8 Å². The number of hydrogen-bond donors (Lipinski definition) is 4. The molecule has 12 heteroatoms. The normalized spacial score (nSPS) is 12.1. The van der Waals surface area contributed by atoms with Crippen molar-refractivity contribution in [2.75, 3.05) is 13.2 Å². The molecule has 1 heterocycles. The molecule has 2 aromatic rings. The third-order valence-electron chi connectivity index (χ3n) is 4.15. The summed E-state index contributed by atoms with van der Waals surface area (Å²) < 4.78 is 29.5. The molecule has 1 aromatic carbocycles. The highest BCUT2D eigenvalue weighted by molar-refractivity contribution is 5.77. The predicted octanol–water partition coefficient (Wildman–Crippen LogP) is 0.283. The van der Waals surface area contributed by atoms with Crippen LogP contribution in [0.15, 0.2) is 46.5 Å². The number of carbonyl (C=O) groups is 1. The molecule has 0 aliphatic carbocycles. The molecule has 0 radical (unpaired) electrons. The van der Waals surface area contributed by atoms with Crippen LogP contribution in [0.1, 0.15) is 22.4 Å². The quantitative estimate of drug-likeness (QED) is 0.105. The lowest BCUT2D eigenvalue weighted by molar-refractivity contribution is -0.117. The Balaban J connectivity index is 2.45. The fourth-order valence-electron chi connectivity index (χ4n) is 2.75. The van der Waals surface area contributed by atoms with Gasteiger partial charge in [-0.15, -0.1) is 0 Å². The summed E-state index contributed by atoms with van der Waals surface area (Å²) in [5.74, 6) is 0.866. The number of primary amides is 1. The molecule has 0 bridgehead atoms. The van der Waals surface area contributed by atoms with Crippen molar-refractivity contribution in [3.63, 3.8) is 0 Å². The Morgan fingerprint density at radius 3 is 2.71 bits per heavy atom. The van der Waals surface area contributed by atoms with Crippen LogP contribution in [0.2, 0.25) is 0 Å². The maximum atomic E-state index is 14.5. The number of hydrogen-bond acceptors (Lipinski definition) is 7. The first-order valence-corrected chi connectivity index (χ1v) is 8.98. The Labute approximate surface area is 176 Å². The SMILES string of the molecule is N#Cc1c(CC(N)=O)cc(=NCC(F)(F)c2ccccc2)n(O)c1CCONC=NN. The molecule has 0 spiro atoms. The van der Waals surface area contributed by atoms with Crippen LogP contribution in [0, 0.1) is 11.3 Å². The summed E-state index contributed by atoms with van der Waals surface area (Å²) in [6.07, 6.45) is 0.691. The number of carbonyl (C=O) groups excluding carboxylic acids is 1. The average Bonchev–Trinajstić information content (AvgIpc) is 2.74. The molecular weight excluding hydrogens is 412 g/mol. The molecule has 1 aromatic heterocycles. The molecule has 10 nitrogen and oxygen atoms in total. The Bertz CT molecular complexity index is 1050. The number of nitrogens with zero attached hydrogens (tertiary/aromatic N) is 4. The van der Waals surface area contributed by atoms with Gasteiger partial charge in [0.2, 0.25) is 5.91 Å². The molecule has 0 atom stereocenters. The van der Waals surface area contributed by atoms with E-state index in [1.165, 1.54) is 30.3 Å². The van der Waals surface area contributed by atoms with E-state index in [2.05, 4.69) is 15.6 Å². The van der Waals surface area contributed by atoms with Crippen LogP contribution in [0.25, 0.3) is 0 Å². The number of alkyl halides is 2. The number of nitrogens with two attached hydrogens (primary N) is 2. The summed E-state index contributed by atoms with van der Waals surface area (Å²) in [4.78, 5) is 20.2. The number of rotatable bonds is 10. The second-order valence-electron chi connectivity index (χ2n) is 6.30. The van der Waals surface area contributed by atoms with Crippen molar-refractivity contribution < 1.29 is 23.6 Å². The molecule has 0 aliphatic heterocycles. The van der Waals surface area contributed by atoms with Crippen molar-refractivity contribution in [1.82, 2.24) is 10.2 Å². The van der Waals surface area contributed by atoms with Crippen LogP contribution in [0.4, 0.5) is 8.78 Å². The van der Waals surface area contributed by atoms with Crippen molar-refractivity contribution >= 4 is 12.2 Å². The lowest BCUT2D eigenvalue weighted by Crippen LogP contribution is -2.30. The van der Waals surface area contributed by atoms with E-state index < -0.39 is 18.4 Å². The van der Waals surface area contributed by atoms with Gasteiger partial charge in [0.1, 0.15) is 19.0 Å². The van der Waals surface area contributed by atoms with Gasteiger partial charge in [-0.1, -0.05) is 30.3 Å². The van der Waals surface area contributed by atoms with Crippen LogP contribution in [-0.2, 0) is 28.4 Å². The van der Waals surface area contributed by atoms with Crippen LogP contribution in [0.3, 0.4) is 0 Å². The van der Waals surface area contributed by atoms with Crippen molar-refractivity contribution in [1.29, 1.82) is 5.26 Å². The molecule has 0 fully saturated rings. The molecule has 0 saturated heterocycles. The minimum atomic E-state index is -3.30. The number of aromatic nitrogens is 1. The first kappa shape index (κ1) is 23.3. The van der Waals surface area contributed by atoms with Gasteiger partial charge in [-0.3, -0.25) is 20.1 Å². The highest BCUT2D eigenvalue weighted by Gasteiger charge is 2.31. The largest absolute Gasteiger partial charge is 0.427 e. The van der Waals surface area contributed by atoms with Crippen molar-refractivity contribution in [3.05, 3.63) is 64.3 Å². The molecule has 0 saturated carbocycles. The second-order valence-corrected chi connectivity index (χ2v) is 6.30. The number of nitrogens with one attached hydrogen (secondary N) is 1. The molecule has 0 aliphatic rings. The minimum Gasteiger partial charge on any atom is -0.427 e. The van der Waals surface area contributed by atoms with Crippen molar-refractivity contribution in [2.24, 2.45) is 21.7 Å². The highest BCUT2D eigenvalue weighted by atomic mass is 19.3. The predicted molar refractivity (Wildman–Crippen MR) is 105 cm³/mol. The smallest absolute Gasteiger partial charge is 0.292 e. The summed E-state index contributed by atoms with van der Waals surface area (Å²) >= 11 is 0. The summed E-state index contributed by atoms with van der Waals surface area (Å²) in [6.45, 7) is -1.02. The highest BCUT2D eigenvalue weighted by Crippen LogP contribution is 2.27. The zero-order valence-corrected chi connectivity index (χ0v) is 16.3. The van der Waals surface area contributed by atoms with E-state index in [1.54, 1.807) is 6.07 Å². The van der Waals surface area contributed by atoms with Crippen LogP contribution >= 0.6 is 0 Å². The Morgan fingerprint density at radius 2 is 2.10 bits per heavy atom. The Kier molecular flexibility index (Phi) is 8.04. The zero-order chi connectivity index (χ0) is 22.9. The van der Waals surface area contributed by atoms with Gasteiger partial charge in [0.25, 0.3) is 5.92 Å². The number of hydroxylamine groups is 1. The molecule has 31 heavy (non-hydrogen) atoms. The molecule has 1 amide bonds. The Morgan fingerprint density at radius 1 is 1.39 bits per heavy atom. The van der Waals surface area contributed by atoms with E-state index in [9.17, 15) is 24.0 Å². The van der Waals surface area contributed by atoms with E-state index in [0.717, 1.165) is 6.34 Å². The van der Waals surface area contributed by atoms with Gasteiger partial charge in [-0.2, -0.15) is 23.9 Å². The van der Waals surface area contributed by atoms with E-state index in [4.69, 9.17) is 16.4 Å². The number of amides is 1. The average molecular weight is 433 g/mol. The van der Waals surface area contributed by atoms with Crippen LogP contribution in [-0.4, -0.2) is 35.3 Å². The summed E-state index contributed by atoms with van der Waals surface area (Å²) in [5.41, 5.74) is 7.14. The van der Waals surface area contributed by atoms with Crippen molar-refractivity contribution in [3.8, 4) is 6.07 Å². The van der Waals surface area contributed by atoms with Gasteiger partial charge in [0.15, 0.2) is 5.49 Å². The summed E-state index contributed by atoms with van der Waals surface area (Å²) in [5, 5.41) is 23.2. The lowest BCUT2D eigenvalue weighted by Gasteiger charge is -2.16. The maximum Gasteiger partial charge on any atom is 0.292 e. The number of pyridine rings is 1. The summed E-state index contributed by atoms with van der Waals surface area (Å²) in [6, 6.07) is 10.2. The molecule has 164 valence electrons. The van der Waals surface area contributed by atoms with Crippen LogP contribution in [0.5, 0.6) is 0 Å². The molecule has 2 rings (SSSR count). The van der Waals surface area contributed by atoms with Gasteiger partial charge in [-0.05, 0) is 11.6 Å². The Hall–Kier alpha value is -3.98. The van der Waals surface area contributed by atoms with Gasteiger partial charge in [-0.25, -0.2) is 0 Å². The first-order valence-electron chi connectivity index (χ1n) is 8.98. The van der Waals surface area contributed by atoms with E-state index in [1.807, 2.05) is 6.07 Å². The fraction of sp³-hybridized carbons (Fsp3) is 0.263.